The Morgan fingerprint density at radius 2 is 1.07 bits per heavy atom. The maximum atomic E-state index is 14.0. The van der Waals surface area contributed by atoms with Crippen LogP contribution in [0.25, 0.3) is 0 Å². The molecule has 3 aromatic carbocycles. The number of hydrogen-bond donors (Lipinski definition) is 0. The van der Waals surface area contributed by atoms with Gasteiger partial charge in [0.2, 0.25) is 5.34 Å². The van der Waals surface area contributed by atoms with Crippen LogP contribution in [0, 0.1) is 0 Å². The number of benzene rings is 3. The van der Waals surface area contributed by atoms with Crippen molar-refractivity contribution in [3.05, 3.63) is 91.0 Å². The predicted molar refractivity (Wildman–Crippen MR) is 108 cm³/mol. The molecule has 0 fully saturated rings. The summed E-state index contributed by atoms with van der Waals surface area (Å²) in [6.07, 6.45) is 0.429. The zero-order valence-electron chi connectivity index (χ0n) is 15.4. The Bertz CT molecular complexity index is 838. The minimum absolute atomic E-state index is 0.429. The predicted octanol–water partition coefficient (Wildman–Crippen LogP) is 6.54. The first-order valence-electron chi connectivity index (χ1n) is 8.88. The fourth-order valence-corrected chi connectivity index (χ4v) is 4.34. The number of para-hydroxylation sites is 3. The van der Waals surface area contributed by atoms with E-state index in [4.69, 9.17) is 13.8 Å². The van der Waals surface area contributed by atoms with E-state index in [2.05, 4.69) is 0 Å². The van der Waals surface area contributed by atoms with Crippen LogP contribution in [-0.2, 0) is 4.57 Å². The lowest BCUT2D eigenvalue weighted by Gasteiger charge is -2.35. The highest BCUT2D eigenvalue weighted by atomic mass is 31.2. The molecule has 0 N–H and O–H groups in total. The van der Waals surface area contributed by atoms with E-state index in [1.165, 1.54) is 0 Å². The highest BCUT2D eigenvalue weighted by Crippen LogP contribution is 2.60. The molecule has 1 unspecified atom stereocenters. The highest BCUT2D eigenvalue weighted by molar-refractivity contribution is 7.56. The molecule has 0 bridgehead atoms. The van der Waals surface area contributed by atoms with Gasteiger partial charge in [-0.15, -0.1) is 0 Å². The molecule has 0 aliphatic carbocycles. The van der Waals surface area contributed by atoms with Crippen molar-refractivity contribution in [2.75, 3.05) is 0 Å². The normalized spacial score (nSPS) is 13.4. The molecule has 140 valence electrons. The second-order valence-corrected chi connectivity index (χ2v) is 8.56. The molecule has 0 aromatic heterocycles. The largest absolute Gasteiger partial charge is 0.473 e. The average Bonchev–Trinajstić information content (AvgIpc) is 2.70. The van der Waals surface area contributed by atoms with Gasteiger partial charge in [-0.05, 0) is 49.7 Å². The zero-order valence-corrected chi connectivity index (χ0v) is 16.3. The molecular weight excluding hydrogens is 359 g/mol. The molecule has 0 heterocycles. The lowest BCUT2D eigenvalue weighted by Crippen LogP contribution is -2.35. The van der Waals surface area contributed by atoms with Crippen molar-refractivity contribution < 1.29 is 18.3 Å². The minimum Gasteiger partial charge on any atom is -0.472 e. The molecule has 1 atom stereocenters. The summed E-state index contributed by atoms with van der Waals surface area (Å²) in [5, 5.41) is -1.18. The maximum absolute atomic E-state index is 14.0. The van der Waals surface area contributed by atoms with Crippen molar-refractivity contribution >= 4 is 7.60 Å². The summed E-state index contributed by atoms with van der Waals surface area (Å²) in [6.45, 7) is 3.66. The second-order valence-electron chi connectivity index (χ2n) is 6.25. The Balaban J connectivity index is 1.99. The molecule has 0 amide bonds. The van der Waals surface area contributed by atoms with E-state index >= 15 is 0 Å². The fraction of sp³-hybridized carbons (Fsp3) is 0.182. The summed E-state index contributed by atoms with van der Waals surface area (Å²) in [6, 6.07) is 27.3. The van der Waals surface area contributed by atoms with E-state index in [1.54, 1.807) is 31.2 Å². The fourth-order valence-electron chi connectivity index (χ4n) is 2.52. The van der Waals surface area contributed by atoms with E-state index in [0.29, 0.717) is 23.7 Å². The second kappa shape index (κ2) is 8.32. The quantitative estimate of drug-likeness (QED) is 0.415. The third-order valence-corrected chi connectivity index (χ3v) is 6.72. The summed E-state index contributed by atoms with van der Waals surface area (Å²) in [4.78, 5) is 0. The average molecular weight is 382 g/mol. The van der Waals surface area contributed by atoms with Gasteiger partial charge >= 0.3 is 7.60 Å². The van der Waals surface area contributed by atoms with Gasteiger partial charge in [-0.1, -0.05) is 61.5 Å². The van der Waals surface area contributed by atoms with Crippen molar-refractivity contribution in [1.82, 2.24) is 0 Å². The number of rotatable bonds is 8. The third kappa shape index (κ3) is 4.53. The van der Waals surface area contributed by atoms with Crippen molar-refractivity contribution in [1.29, 1.82) is 0 Å². The van der Waals surface area contributed by atoms with Crippen molar-refractivity contribution in [3.8, 4) is 17.2 Å². The monoisotopic (exact) mass is 382 g/mol. The molecule has 27 heavy (non-hydrogen) atoms. The summed E-state index contributed by atoms with van der Waals surface area (Å²) in [5.74, 6) is 1.54. The van der Waals surface area contributed by atoms with Crippen LogP contribution in [0.1, 0.15) is 20.3 Å². The highest BCUT2D eigenvalue weighted by Gasteiger charge is 2.52. The Morgan fingerprint density at radius 1 is 0.704 bits per heavy atom. The lowest BCUT2D eigenvalue weighted by atomic mass is 10.3. The maximum Gasteiger partial charge on any atom is 0.473 e. The van der Waals surface area contributed by atoms with Crippen LogP contribution >= 0.6 is 7.60 Å². The van der Waals surface area contributed by atoms with Crippen LogP contribution in [0.2, 0.25) is 0 Å². The van der Waals surface area contributed by atoms with Gasteiger partial charge in [0.15, 0.2) is 0 Å². The van der Waals surface area contributed by atoms with Crippen LogP contribution in [-0.4, -0.2) is 5.34 Å². The molecule has 0 aliphatic rings. The summed E-state index contributed by atoms with van der Waals surface area (Å²) in [7, 11) is -3.77. The van der Waals surface area contributed by atoms with Crippen molar-refractivity contribution in [2.45, 2.75) is 25.6 Å². The van der Waals surface area contributed by atoms with Crippen LogP contribution in [0.15, 0.2) is 91.0 Å². The molecule has 0 saturated carbocycles. The first-order chi connectivity index (χ1) is 13.0. The van der Waals surface area contributed by atoms with Crippen LogP contribution in [0.4, 0.5) is 0 Å². The molecular formula is C22H23O4P. The van der Waals surface area contributed by atoms with Gasteiger partial charge in [0.1, 0.15) is 17.2 Å². The van der Waals surface area contributed by atoms with E-state index in [0.717, 1.165) is 0 Å². The van der Waals surface area contributed by atoms with Gasteiger partial charge in [0, 0.05) is 0 Å². The summed E-state index contributed by atoms with van der Waals surface area (Å²) in [5.41, 5.74) is 0. The molecule has 5 heteroatoms. The topological polar surface area (TPSA) is 44.8 Å². The van der Waals surface area contributed by atoms with Gasteiger partial charge in [0.25, 0.3) is 0 Å². The lowest BCUT2D eigenvalue weighted by molar-refractivity contribution is 0.135. The van der Waals surface area contributed by atoms with Gasteiger partial charge in [-0.2, -0.15) is 0 Å². The van der Waals surface area contributed by atoms with Gasteiger partial charge in [0.05, 0.1) is 0 Å². The smallest absolute Gasteiger partial charge is 0.472 e. The Kier molecular flexibility index (Phi) is 5.88. The van der Waals surface area contributed by atoms with E-state index < -0.39 is 12.9 Å². The van der Waals surface area contributed by atoms with E-state index in [9.17, 15) is 4.57 Å². The van der Waals surface area contributed by atoms with Gasteiger partial charge in [-0.3, -0.25) is 0 Å². The van der Waals surface area contributed by atoms with E-state index in [-0.39, 0.29) is 0 Å². The van der Waals surface area contributed by atoms with Crippen LogP contribution in [0.5, 0.6) is 17.2 Å². The molecule has 0 saturated heterocycles. The van der Waals surface area contributed by atoms with Gasteiger partial charge in [-0.25, -0.2) is 4.57 Å². The number of hydrogen-bond acceptors (Lipinski definition) is 4. The minimum atomic E-state index is -3.77. The molecule has 3 rings (SSSR count). The van der Waals surface area contributed by atoms with Crippen LogP contribution < -0.4 is 13.8 Å². The molecule has 0 aliphatic heterocycles. The Morgan fingerprint density at radius 3 is 1.44 bits per heavy atom. The summed E-state index contributed by atoms with van der Waals surface area (Å²) < 4.78 is 32.1. The molecule has 4 nitrogen and oxygen atoms in total. The first kappa shape index (κ1) is 19.1. The zero-order chi connectivity index (χ0) is 19.2. The molecule has 0 radical (unpaired) electrons. The van der Waals surface area contributed by atoms with Crippen molar-refractivity contribution in [2.24, 2.45) is 0 Å². The Labute approximate surface area is 160 Å². The van der Waals surface area contributed by atoms with Gasteiger partial charge < -0.3 is 13.8 Å². The van der Waals surface area contributed by atoms with Crippen molar-refractivity contribution in [3.63, 3.8) is 0 Å². The standard InChI is InChI=1S/C22H23O4P/c1-3-22(2,24-19-13-7-4-8-14-19)27(23,25-20-15-9-5-10-16-20)26-21-17-11-6-12-18-21/h4-18H,3H2,1-2H3. The molecule has 0 spiro atoms. The molecule has 3 aromatic rings. The first-order valence-corrected chi connectivity index (χ1v) is 10.4. The number of ether oxygens (including phenoxy) is 1. The van der Waals surface area contributed by atoms with Crippen LogP contribution in [0.3, 0.4) is 0 Å². The Hall–Kier alpha value is -2.71. The summed E-state index contributed by atoms with van der Waals surface area (Å²) >= 11 is 0. The van der Waals surface area contributed by atoms with E-state index in [1.807, 2.05) is 73.7 Å². The SMILES string of the molecule is CCC(C)(Oc1ccccc1)P(=O)(Oc1ccccc1)Oc1ccccc1. The third-order valence-electron chi connectivity index (χ3n) is 4.25.